The Kier molecular flexibility index (Phi) is 9.39. The first-order valence-electron chi connectivity index (χ1n) is 7.77. The van der Waals surface area contributed by atoms with Crippen LogP contribution in [0.5, 0.6) is 0 Å². The fourth-order valence-electron chi connectivity index (χ4n) is 2.38. The summed E-state index contributed by atoms with van der Waals surface area (Å²) < 4.78 is 32.2. The predicted molar refractivity (Wildman–Crippen MR) is 98.4 cm³/mol. The molecule has 0 saturated carbocycles. The van der Waals surface area contributed by atoms with Crippen LogP contribution in [0.4, 0.5) is 8.78 Å². The van der Waals surface area contributed by atoms with E-state index in [4.69, 9.17) is 4.74 Å². The van der Waals surface area contributed by atoms with Crippen LogP contribution in [0.15, 0.2) is 23.2 Å². The van der Waals surface area contributed by atoms with Gasteiger partial charge in [0.15, 0.2) is 17.6 Å². The zero-order chi connectivity index (χ0) is 15.8. The van der Waals surface area contributed by atoms with Gasteiger partial charge in [-0.05, 0) is 37.8 Å². The van der Waals surface area contributed by atoms with Gasteiger partial charge in [0.25, 0.3) is 0 Å². The van der Waals surface area contributed by atoms with E-state index in [2.05, 4.69) is 15.6 Å². The first kappa shape index (κ1) is 20.1. The molecule has 1 aliphatic heterocycles. The summed E-state index contributed by atoms with van der Waals surface area (Å²) in [4.78, 5) is 4.47. The molecule has 23 heavy (non-hydrogen) atoms. The molecular formula is C16H24F2IN3O. The zero-order valence-corrected chi connectivity index (χ0v) is 15.6. The van der Waals surface area contributed by atoms with Gasteiger partial charge in [0.2, 0.25) is 0 Å². The lowest BCUT2D eigenvalue weighted by molar-refractivity contribution is 0.117. The summed E-state index contributed by atoms with van der Waals surface area (Å²) in [7, 11) is 0. The largest absolute Gasteiger partial charge is 0.376 e. The molecular weight excluding hydrogens is 415 g/mol. The lowest BCUT2D eigenvalue weighted by Crippen LogP contribution is -2.39. The van der Waals surface area contributed by atoms with E-state index in [0.717, 1.165) is 32.1 Å². The van der Waals surface area contributed by atoms with Crippen LogP contribution in [0.25, 0.3) is 0 Å². The minimum absolute atomic E-state index is 0. The molecule has 1 unspecified atom stereocenters. The molecule has 2 N–H and O–H groups in total. The molecule has 1 aliphatic rings. The highest BCUT2D eigenvalue weighted by Crippen LogP contribution is 2.12. The lowest BCUT2D eigenvalue weighted by atomic mass is 10.1. The van der Waals surface area contributed by atoms with E-state index < -0.39 is 11.6 Å². The van der Waals surface area contributed by atoms with Gasteiger partial charge in [-0.1, -0.05) is 12.1 Å². The molecule has 1 saturated heterocycles. The van der Waals surface area contributed by atoms with Crippen molar-refractivity contribution in [1.29, 1.82) is 0 Å². The maximum absolute atomic E-state index is 13.6. The molecule has 1 aromatic carbocycles. The monoisotopic (exact) mass is 439 g/mol. The summed E-state index contributed by atoms with van der Waals surface area (Å²) in [6, 6.07) is 4.24. The summed E-state index contributed by atoms with van der Waals surface area (Å²) in [5.74, 6) is -0.906. The molecule has 1 heterocycles. The van der Waals surface area contributed by atoms with E-state index in [1.54, 1.807) is 6.07 Å². The van der Waals surface area contributed by atoms with Gasteiger partial charge in [-0.3, -0.25) is 4.99 Å². The maximum Gasteiger partial charge on any atom is 0.191 e. The number of nitrogens with one attached hydrogen (secondary N) is 2. The maximum atomic E-state index is 13.6. The molecule has 0 amide bonds. The molecule has 1 aromatic rings. The van der Waals surface area contributed by atoms with Gasteiger partial charge in [-0.25, -0.2) is 8.78 Å². The topological polar surface area (TPSA) is 45.7 Å². The van der Waals surface area contributed by atoms with Gasteiger partial charge in [-0.2, -0.15) is 0 Å². The van der Waals surface area contributed by atoms with E-state index in [1.165, 1.54) is 6.07 Å². The summed E-state index contributed by atoms with van der Waals surface area (Å²) in [5.41, 5.74) is 0.363. The van der Waals surface area contributed by atoms with Crippen molar-refractivity contribution in [3.05, 3.63) is 35.4 Å². The van der Waals surface area contributed by atoms with Crippen molar-refractivity contribution < 1.29 is 13.5 Å². The molecule has 0 spiro atoms. The molecule has 2 rings (SSSR count). The van der Waals surface area contributed by atoms with E-state index in [0.29, 0.717) is 31.0 Å². The molecule has 1 fully saturated rings. The van der Waals surface area contributed by atoms with Crippen LogP contribution >= 0.6 is 24.0 Å². The van der Waals surface area contributed by atoms with Crippen LogP contribution < -0.4 is 10.6 Å². The second kappa shape index (κ2) is 10.7. The average molecular weight is 439 g/mol. The second-order valence-electron chi connectivity index (χ2n) is 5.24. The van der Waals surface area contributed by atoms with Crippen molar-refractivity contribution in [3.63, 3.8) is 0 Å². The first-order valence-corrected chi connectivity index (χ1v) is 7.77. The molecule has 7 heteroatoms. The summed E-state index contributed by atoms with van der Waals surface area (Å²) in [6.45, 7) is 4.63. The van der Waals surface area contributed by atoms with Gasteiger partial charge in [0.1, 0.15) is 0 Å². The highest BCUT2D eigenvalue weighted by atomic mass is 127. The number of hydrogen-bond acceptors (Lipinski definition) is 2. The minimum Gasteiger partial charge on any atom is -0.376 e. The van der Waals surface area contributed by atoms with Crippen LogP contribution in [0.3, 0.4) is 0 Å². The van der Waals surface area contributed by atoms with Gasteiger partial charge in [0.05, 0.1) is 12.6 Å². The van der Waals surface area contributed by atoms with Crippen LogP contribution in [-0.2, 0) is 11.2 Å². The highest BCUT2D eigenvalue weighted by Gasteiger charge is 2.15. The standard InChI is InChI=1S/C16H23F2N3O.HI/c1-2-19-16(21-11-13-6-4-10-22-13)20-9-8-12-5-3-7-14(17)15(12)18;/h3,5,7,13H,2,4,6,8-11H2,1H3,(H2,19,20,21);1H. The molecule has 0 aliphatic carbocycles. The van der Waals surface area contributed by atoms with Crippen LogP contribution in [0.1, 0.15) is 25.3 Å². The Bertz CT molecular complexity index is 508. The Morgan fingerprint density at radius 2 is 2.17 bits per heavy atom. The third-order valence-electron chi connectivity index (χ3n) is 3.54. The Morgan fingerprint density at radius 1 is 1.35 bits per heavy atom. The summed E-state index contributed by atoms with van der Waals surface area (Å²) in [6.07, 6.45) is 2.71. The van der Waals surface area contributed by atoms with Crippen LogP contribution in [0.2, 0.25) is 0 Å². The van der Waals surface area contributed by atoms with Crippen molar-refractivity contribution in [2.24, 2.45) is 4.99 Å². The SMILES string of the molecule is CCNC(=NCC1CCCO1)NCCc1cccc(F)c1F.I. The van der Waals surface area contributed by atoms with Gasteiger partial charge < -0.3 is 15.4 Å². The van der Waals surface area contributed by atoms with Gasteiger partial charge in [0, 0.05) is 19.7 Å². The first-order chi connectivity index (χ1) is 10.7. The predicted octanol–water partition coefficient (Wildman–Crippen LogP) is 2.86. The molecule has 0 aromatic heterocycles. The van der Waals surface area contributed by atoms with Crippen molar-refractivity contribution in [2.75, 3.05) is 26.2 Å². The average Bonchev–Trinajstić information content (AvgIpc) is 3.02. The molecule has 0 radical (unpaired) electrons. The summed E-state index contributed by atoms with van der Waals surface area (Å²) in [5, 5.41) is 6.27. The Morgan fingerprint density at radius 3 is 2.87 bits per heavy atom. The summed E-state index contributed by atoms with van der Waals surface area (Å²) >= 11 is 0. The number of benzene rings is 1. The van der Waals surface area contributed by atoms with Gasteiger partial charge >= 0.3 is 0 Å². The highest BCUT2D eigenvalue weighted by molar-refractivity contribution is 14.0. The number of ether oxygens (including phenoxy) is 1. The number of halogens is 3. The Hall–Kier alpha value is -0.960. The smallest absolute Gasteiger partial charge is 0.191 e. The third-order valence-corrected chi connectivity index (χ3v) is 3.54. The van der Waals surface area contributed by atoms with E-state index in [9.17, 15) is 8.78 Å². The molecule has 1 atom stereocenters. The van der Waals surface area contributed by atoms with Crippen molar-refractivity contribution >= 4 is 29.9 Å². The third kappa shape index (κ3) is 6.58. The fourth-order valence-corrected chi connectivity index (χ4v) is 2.38. The number of rotatable bonds is 6. The Labute approximate surface area is 153 Å². The zero-order valence-electron chi connectivity index (χ0n) is 13.3. The van der Waals surface area contributed by atoms with Crippen LogP contribution in [-0.4, -0.2) is 38.3 Å². The second-order valence-corrected chi connectivity index (χ2v) is 5.24. The van der Waals surface area contributed by atoms with E-state index in [1.807, 2.05) is 6.92 Å². The van der Waals surface area contributed by atoms with Crippen LogP contribution in [0, 0.1) is 11.6 Å². The number of aliphatic imine (C=N–C) groups is 1. The van der Waals surface area contributed by atoms with Crippen molar-refractivity contribution in [1.82, 2.24) is 10.6 Å². The van der Waals surface area contributed by atoms with E-state index in [-0.39, 0.29) is 30.1 Å². The van der Waals surface area contributed by atoms with Gasteiger partial charge in [-0.15, -0.1) is 24.0 Å². The normalized spacial score (nSPS) is 17.7. The molecule has 4 nitrogen and oxygen atoms in total. The Balaban J connectivity index is 0.00000264. The van der Waals surface area contributed by atoms with Crippen molar-refractivity contribution in [3.8, 4) is 0 Å². The minimum atomic E-state index is -0.809. The van der Waals surface area contributed by atoms with Crippen molar-refractivity contribution in [2.45, 2.75) is 32.3 Å². The van der Waals surface area contributed by atoms with E-state index >= 15 is 0 Å². The lowest BCUT2D eigenvalue weighted by Gasteiger charge is -2.13. The number of nitrogens with zero attached hydrogens (tertiary/aromatic N) is 1. The molecule has 130 valence electrons. The number of guanidine groups is 1. The fraction of sp³-hybridized carbons (Fsp3) is 0.562. The molecule has 0 bridgehead atoms. The quantitative estimate of drug-likeness (QED) is 0.407. The number of hydrogen-bond donors (Lipinski definition) is 2.